The van der Waals surface area contributed by atoms with Gasteiger partial charge in [-0.1, -0.05) is 70.9 Å². The molecule has 0 saturated heterocycles. The summed E-state index contributed by atoms with van der Waals surface area (Å²) in [6, 6.07) is 18.5. The number of carbonyl (C=O) groups excluding carboxylic acids is 1. The summed E-state index contributed by atoms with van der Waals surface area (Å²) in [5.74, 6) is 0.436. The zero-order valence-electron chi connectivity index (χ0n) is 16.4. The van der Waals surface area contributed by atoms with Crippen molar-refractivity contribution in [3.63, 3.8) is 0 Å². The highest BCUT2D eigenvalue weighted by atomic mass is 35.5. The van der Waals surface area contributed by atoms with Gasteiger partial charge in [-0.15, -0.1) is 0 Å². The van der Waals surface area contributed by atoms with Gasteiger partial charge in [-0.3, -0.25) is 9.69 Å². The number of anilines is 1. The lowest BCUT2D eigenvalue weighted by Crippen LogP contribution is -2.30. The molecule has 4 rings (SSSR count). The Morgan fingerprint density at radius 1 is 1.10 bits per heavy atom. The van der Waals surface area contributed by atoms with E-state index in [0.717, 1.165) is 21.3 Å². The van der Waals surface area contributed by atoms with E-state index in [1.807, 2.05) is 49.4 Å². The second-order valence-corrected chi connectivity index (χ2v) is 8.58. The minimum atomic E-state index is -0.240. The second-order valence-electron chi connectivity index (χ2n) is 6.76. The molecule has 1 aromatic heterocycles. The molecule has 0 radical (unpaired) electrons. The molecule has 0 aliphatic rings. The van der Waals surface area contributed by atoms with Crippen molar-refractivity contribution in [3.8, 4) is 5.75 Å². The highest BCUT2D eigenvalue weighted by Gasteiger charge is 2.25. The molecule has 0 aliphatic heterocycles. The third-order valence-electron chi connectivity index (χ3n) is 4.73. The largest absolute Gasteiger partial charge is 0.494 e. The highest BCUT2D eigenvalue weighted by molar-refractivity contribution is 7.22. The Morgan fingerprint density at radius 2 is 1.87 bits per heavy atom. The maximum atomic E-state index is 13.5. The fourth-order valence-corrected chi connectivity index (χ4v) is 4.72. The van der Waals surface area contributed by atoms with Crippen molar-refractivity contribution in [1.82, 2.24) is 4.98 Å². The molecule has 1 amide bonds. The quantitative estimate of drug-likeness (QED) is 0.332. The molecule has 0 fully saturated rings. The SMILES string of the molecule is COc1ccc(C)c2sc(N(Cc3ccccc3)C(=O)c3ccc(Cl)cc3Cl)nc12. The molecule has 3 aromatic carbocycles. The van der Waals surface area contributed by atoms with Gasteiger partial charge in [0.15, 0.2) is 5.13 Å². The number of halogens is 2. The first kappa shape index (κ1) is 20.7. The number of fused-ring (bicyclic) bond motifs is 1. The molecule has 7 heteroatoms. The number of methoxy groups -OCH3 is 1. The maximum absolute atomic E-state index is 13.5. The van der Waals surface area contributed by atoms with Crippen LogP contribution in [0, 0.1) is 6.92 Å². The predicted octanol–water partition coefficient (Wildman–Crippen LogP) is 6.77. The van der Waals surface area contributed by atoms with Gasteiger partial charge in [0.25, 0.3) is 5.91 Å². The Morgan fingerprint density at radius 3 is 2.57 bits per heavy atom. The van der Waals surface area contributed by atoms with Crippen molar-refractivity contribution >= 4 is 55.8 Å². The molecule has 152 valence electrons. The van der Waals surface area contributed by atoms with Crippen LogP contribution in [0.3, 0.4) is 0 Å². The van der Waals surface area contributed by atoms with Crippen LogP contribution in [0.15, 0.2) is 60.7 Å². The number of thiazole rings is 1. The average molecular weight is 457 g/mol. The lowest BCUT2D eigenvalue weighted by Gasteiger charge is -2.20. The minimum Gasteiger partial charge on any atom is -0.494 e. The van der Waals surface area contributed by atoms with Gasteiger partial charge >= 0.3 is 0 Å². The molecular formula is C23H18Cl2N2O2S. The summed E-state index contributed by atoms with van der Waals surface area (Å²) >= 11 is 13.8. The predicted molar refractivity (Wildman–Crippen MR) is 124 cm³/mol. The Bertz CT molecular complexity index is 1220. The van der Waals surface area contributed by atoms with Crippen LogP contribution in [0.25, 0.3) is 10.2 Å². The minimum absolute atomic E-state index is 0.240. The number of rotatable bonds is 5. The first-order valence-electron chi connectivity index (χ1n) is 9.23. The molecule has 0 aliphatic carbocycles. The van der Waals surface area contributed by atoms with E-state index < -0.39 is 0 Å². The number of nitrogens with zero attached hydrogens (tertiary/aromatic N) is 2. The van der Waals surface area contributed by atoms with Gasteiger partial charge < -0.3 is 4.74 Å². The third kappa shape index (κ3) is 4.01. The lowest BCUT2D eigenvalue weighted by atomic mass is 10.1. The average Bonchev–Trinajstić information content (AvgIpc) is 3.19. The number of ether oxygens (including phenoxy) is 1. The van der Waals surface area contributed by atoms with Gasteiger partial charge in [0.1, 0.15) is 11.3 Å². The monoisotopic (exact) mass is 456 g/mol. The first-order chi connectivity index (χ1) is 14.5. The number of amides is 1. The first-order valence-corrected chi connectivity index (χ1v) is 10.8. The molecule has 0 unspecified atom stereocenters. The van der Waals surface area contributed by atoms with Crippen LogP contribution >= 0.6 is 34.5 Å². The van der Waals surface area contributed by atoms with Crippen LogP contribution < -0.4 is 9.64 Å². The number of hydrogen-bond acceptors (Lipinski definition) is 4. The molecule has 0 N–H and O–H groups in total. The van der Waals surface area contributed by atoms with Crippen LogP contribution in [0.5, 0.6) is 5.75 Å². The van der Waals surface area contributed by atoms with Crippen molar-refractivity contribution in [2.75, 3.05) is 12.0 Å². The smallest absolute Gasteiger partial charge is 0.261 e. The summed E-state index contributed by atoms with van der Waals surface area (Å²) < 4.78 is 6.46. The van der Waals surface area contributed by atoms with Crippen molar-refractivity contribution in [2.24, 2.45) is 0 Å². The van der Waals surface area contributed by atoms with Crippen LogP contribution in [-0.2, 0) is 6.54 Å². The van der Waals surface area contributed by atoms with Gasteiger partial charge in [-0.2, -0.15) is 0 Å². The normalized spacial score (nSPS) is 10.9. The Hall–Kier alpha value is -2.60. The van der Waals surface area contributed by atoms with E-state index >= 15 is 0 Å². The summed E-state index contributed by atoms with van der Waals surface area (Å²) in [5, 5.41) is 1.37. The van der Waals surface area contributed by atoms with Crippen molar-refractivity contribution < 1.29 is 9.53 Å². The van der Waals surface area contributed by atoms with Gasteiger partial charge in [0.2, 0.25) is 0 Å². The highest BCUT2D eigenvalue weighted by Crippen LogP contribution is 2.37. The fourth-order valence-electron chi connectivity index (χ4n) is 3.18. The summed E-state index contributed by atoms with van der Waals surface area (Å²) in [7, 11) is 1.61. The van der Waals surface area contributed by atoms with E-state index in [9.17, 15) is 4.79 Å². The van der Waals surface area contributed by atoms with E-state index in [2.05, 4.69) is 0 Å². The summed E-state index contributed by atoms with van der Waals surface area (Å²) in [6.07, 6.45) is 0. The topological polar surface area (TPSA) is 42.4 Å². The van der Waals surface area contributed by atoms with Gasteiger partial charge in [0, 0.05) is 5.02 Å². The van der Waals surface area contributed by atoms with Gasteiger partial charge in [-0.25, -0.2) is 4.98 Å². The van der Waals surface area contributed by atoms with Crippen LogP contribution in [0.2, 0.25) is 10.0 Å². The van der Waals surface area contributed by atoms with E-state index in [4.69, 9.17) is 32.9 Å². The zero-order valence-corrected chi connectivity index (χ0v) is 18.7. The molecule has 4 nitrogen and oxygen atoms in total. The van der Waals surface area contributed by atoms with Gasteiger partial charge in [0.05, 0.1) is 28.9 Å². The number of aryl methyl sites for hydroxylation is 1. The van der Waals surface area contributed by atoms with Crippen LogP contribution in [-0.4, -0.2) is 18.0 Å². The zero-order chi connectivity index (χ0) is 21.3. The van der Waals surface area contributed by atoms with Crippen LogP contribution in [0.1, 0.15) is 21.5 Å². The lowest BCUT2D eigenvalue weighted by molar-refractivity contribution is 0.0985. The number of hydrogen-bond donors (Lipinski definition) is 0. The van der Waals surface area contributed by atoms with E-state index in [1.54, 1.807) is 30.2 Å². The summed E-state index contributed by atoms with van der Waals surface area (Å²) in [6.45, 7) is 2.38. The Kier molecular flexibility index (Phi) is 5.95. The van der Waals surface area contributed by atoms with E-state index in [0.29, 0.717) is 33.0 Å². The van der Waals surface area contributed by atoms with Crippen molar-refractivity contribution in [2.45, 2.75) is 13.5 Å². The van der Waals surface area contributed by atoms with Gasteiger partial charge in [-0.05, 0) is 42.3 Å². The molecule has 1 heterocycles. The van der Waals surface area contributed by atoms with E-state index in [1.165, 1.54) is 11.3 Å². The molecule has 0 bridgehead atoms. The molecule has 4 aromatic rings. The molecular weight excluding hydrogens is 439 g/mol. The standard InChI is InChI=1S/C23H18Cl2N2O2S/c1-14-8-11-19(29-2)20-21(14)30-23(26-20)27(13-15-6-4-3-5-7-15)22(28)17-10-9-16(24)12-18(17)25/h3-12H,13H2,1-2H3. The van der Waals surface area contributed by atoms with Crippen LogP contribution in [0.4, 0.5) is 5.13 Å². The number of carbonyl (C=O) groups is 1. The molecule has 30 heavy (non-hydrogen) atoms. The second kappa shape index (κ2) is 8.64. The molecule has 0 atom stereocenters. The third-order valence-corrected chi connectivity index (χ3v) is 6.49. The van der Waals surface area contributed by atoms with Crippen molar-refractivity contribution in [3.05, 3.63) is 87.4 Å². The number of benzene rings is 3. The van der Waals surface area contributed by atoms with E-state index in [-0.39, 0.29) is 5.91 Å². The summed E-state index contributed by atoms with van der Waals surface area (Å²) in [5.41, 5.74) is 3.18. The maximum Gasteiger partial charge on any atom is 0.261 e. The fraction of sp³-hybridized carbons (Fsp3) is 0.130. The Balaban J connectivity index is 1.84. The number of aromatic nitrogens is 1. The summed E-state index contributed by atoms with van der Waals surface area (Å²) in [4.78, 5) is 19.9. The molecule has 0 saturated carbocycles. The Labute approximate surface area is 188 Å². The van der Waals surface area contributed by atoms with Crippen molar-refractivity contribution in [1.29, 1.82) is 0 Å². The molecule has 0 spiro atoms.